The van der Waals surface area contributed by atoms with Gasteiger partial charge in [-0.25, -0.2) is 0 Å². The first-order valence-corrected chi connectivity index (χ1v) is 10.1. The molecule has 0 N–H and O–H groups in total. The molecule has 5 nitrogen and oxygen atoms in total. The molecule has 0 saturated carbocycles. The van der Waals surface area contributed by atoms with Gasteiger partial charge >= 0.3 is 0 Å². The lowest BCUT2D eigenvalue weighted by Crippen LogP contribution is -2.29. The minimum absolute atomic E-state index is 0.346. The van der Waals surface area contributed by atoms with Crippen LogP contribution in [0.25, 0.3) is 6.08 Å². The average molecular weight is 431 g/mol. The van der Waals surface area contributed by atoms with E-state index in [0.717, 1.165) is 10.6 Å². The smallest absolute Gasteiger partial charge is 0.283 e. The number of rotatable bonds is 5. The molecular weight excluding hydrogens is 412 g/mol. The lowest BCUT2D eigenvalue weighted by atomic mass is 10.1. The Balaban J connectivity index is 1.50. The summed E-state index contributed by atoms with van der Waals surface area (Å²) in [5.41, 5.74) is 2.96. The summed E-state index contributed by atoms with van der Waals surface area (Å²) in [4.78, 5) is 25.4. The molecule has 1 aliphatic rings. The van der Waals surface area contributed by atoms with Gasteiger partial charge in [0.25, 0.3) is 11.8 Å². The van der Waals surface area contributed by atoms with Gasteiger partial charge < -0.3 is 4.74 Å². The first kappa shape index (κ1) is 20.6. The number of ether oxygens (including phenoxy) is 1. The van der Waals surface area contributed by atoms with Gasteiger partial charge in [0.1, 0.15) is 12.4 Å². The maximum Gasteiger partial charge on any atom is 0.283 e. The van der Waals surface area contributed by atoms with Crippen molar-refractivity contribution in [1.29, 1.82) is 0 Å². The standard InChI is InChI=1S/C25H19ClN2O3/c1-17-21(25(30)28(27-17)24(29)20-10-6-3-7-11-20)14-19-12-13-23(22(26)15-19)31-16-18-8-4-2-5-9-18/h2-15H,16H2,1H3/b21-14+. The lowest BCUT2D eigenvalue weighted by Gasteiger charge is -2.10. The van der Waals surface area contributed by atoms with Crippen LogP contribution < -0.4 is 4.74 Å². The molecule has 0 spiro atoms. The van der Waals surface area contributed by atoms with Crippen LogP contribution in [0, 0.1) is 0 Å². The predicted molar refractivity (Wildman–Crippen MR) is 121 cm³/mol. The summed E-state index contributed by atoms with van der Waals surface area (Å²) in [5.74, 6) is -0.375. The van der Waals surface area contributed by atoms with Gasteiger partial charge in [-0.3, -0.25) is 9.59 Å². The number of hydrazone groups is 1. The summed E-state index contributed by atoms with van der Waals surface area (Å²) in [6.45, 7) is 2.10. The van der Waals surface area contributed by atoms with Gasteiger partial charge in [-0.1, -0.05) is 66.2 Å². The fraction of sp³-hybridized carbons (Fsp3) is 0.0800. The molecule has 0 saturated heterocycles. The van der Waals surface area contributed by atoms with Crippen LogP contribution in [-0.2, 0) is 11.4 Å². The molecular formula is C25H19ClN2O3. The SMILES string of the molecule is CC1=NN(C(=O)c2ccccc2)C(=O)/C1=C/c1ccc(OCc2ccccc2)c(Cl)c1. The van der Waals surface area contributed by atoms with Gasteiger partial charge in [-0.05, 0) is 48.4 Å². The maximum atomic E-state index is 12.8. The van der Waals surface area contributed by atoms with Crippen molar-refractivity contribution in [2.24, 2.45) is 5.10 Å². The van der Waals surface area contributed by atoms with E-state index in [4.69, 9.17) is 16.3 Å². The molecule has 0 aromatic heterocycles. The van der Waals surface area contributed by atoms with Crippen molar-refractivity contribution >= 4 is 35.2 Å². The molecule has 0 radical (unpaired) electrons. The van der Waals surface area contributed by atoms with Crippen LogP contribution in [-0.4, -0.2) is 22.5 Å². The zero-order valence-electron chi connectivity index (χ0n) is 16.8. The molecule has 1 aliphatic heterocycles. The summed E-state index contributed by atoms with van der Waals surface area (Å²) < 4.78 is 5.79. The van der Waals surface area contributed by atoms with Gasteiger partial charge in [0.05, 0.1) is 16.3 Å². The highest BCUT2D eigenvalue weighted by Crippen LogP contribution is 2.28. The van der Waals surface area contributed by atoms with Crippen LogP contribution in [0.3, 0.4) is 0 Å². The Labute approximate surface area is 185 Å². The highest BCUT2D eigenvalue weighted by atomic mass is 35.5. The number of nitrogens with zero attached hydrogens (tertiary/aromatic N) is 2. The number of amides is 2. The second-order valence-electron chi connectivity index (χ2n) is 7.00. The molecule has 31 heavy (non-hydrogen) atoms. The number of carbonyl (C=O) groups is 2. The highest BCUT2D eigenvalue weighted by Gasteiger charge is 2.32. The van der Waals surface area contributed by atoms with E-state index in [9.17, 15) is 9.59 Å². The Morgan fingerprint density at radius 3 is 2.39 bits per heavy atom. The van der Waals surface area contributed by atoms with Gasteiger partial charge in [0.15, 0.2) is 0 Å². The Kier molecular flexibility index (Phi) is 5.96. The van der Waals surface area contributed by atoms with Crippen molar-refractivity contribution in [3.05, 3.63) is 106 Å². The van der Waals surface area contributed by atoms with E-state index in [0.29, 0.717) is 39.8 Å². The summed E-state index contributed by atoms with van der Waals surface area (Å²) in [6.07, 6.45) is 1.67. The number of hydrogen-bond acceptors (Lipinski definition) is 4. The Morgan fingerprint density at radius 2 is 1.71 bits per heavy atom. The van der Waals surface area contributed by atoms with Crippen LogP contribution in [0.1, 0.15) is 28.4 Å². The number of carbonyl (C=O) groups excluding carboxylic acids is 2. The molecule has 0 atom stereocenters. The van der Waals surface area contributed by atoms with E-state index in [2.05, 4.69) is 5.10 Å². The van der Waals surface area contributed by atoms with Crippen LogP contribution in [0.4, 0.5) is 0 Å². The quantitative estimate of drug-likeness (QED) is 0.404. The zero-order valence-corrected chi connectivity index (χ0v) is 17.5. The largest absolute Gasteiger partial charge is 0.487 e. The van der Waals surface area contributed by atoms with E-state index >= 15 is 0 Å². The molecule has 0 aliphatic carbocycles. The minimum atomic E-state index is -0.466. The first-order chi connectivity index (χ1) is 15.0. The van der Waals surface area contributed by atoms with Crippen molar-refractivity contribution in [3.63, 3.8) is 0 Å². The second kappa shape index (κ2) is 8.98. The van der Waals surface area contributed by atoms with Crippen LogP contribution in [0.2, 0.25) is 5.02 Å². The summed E-state index contributed by atoms with van der Waals surface area (Å²) in [7, 11) is 0. The Morgan fingerprint density at radius 1 is 1.03 bits per heavy atom. The van der Waals surface area contributed by atoms with Crippen LogP contribution in [0.15, 0.2) is 89.5 Å². The lowest BCUT2D eigenvalue weighted by molar-refractivity contribution is -0.123. The molecule has 4 rings (SSSR count). The van der Waals surface area contributed by atoms with E-state index in [1.54, 1.807) is 61.5 Å². The van der Waals surface area contributed by atoms with E-state index < -0.39 is 11.8 Å². The summed E-state index contributed by atoms with van der Waals surface area (Å²) in [6, 6.07) is 23.7. The van der Waals surface area contributed by atoms with Crippen molar-refractivity contribution in [2.75, 3.05) is 0 Å². The molecule has 6 heteroatoms. The molecule has 0 bridgehead atoms. The Hall–Kier alpha value is -3.70. The van der Waals surface area contributed by atoms with E-state index in [1.807, 2.05) is 30.3 Å². The third kappa shape index (κ3) is 4.57. The molecule has 0 fully saturated rings. The average Bonchev–Trinajstić information content (AvgIpc) is 3.07. The Bertz CT molecular complexity index is 1190. The predicted octanol–water partition coefficient (Wildman–Crippen LogP) is 5.36. The van der Waals surface area contributed by atoms with Crippen molar-refractivity contribution in [2.45, 2.75) is 13.5 Å². The monoisotopic (exact) mass is 430 g/mol. The molecule has 2 amide bonds. The second-order valence-corrected chi connectivity index (χ2v) is 7.40. The molecule has 3 aromatic rings. The van der Waals surface area contributed by atoms with Crippen LogP contribution in [0.5, 0.6) is 5.75 Å². The molecule has 3 aromatic carbocycles. The van der Waals surface area contributed by atoms with Gasteiger partial charge in [-0.15, -0.1) is 0 Å². The van der Waals surface area contributed by atoms with Crippen molar-refractivity contribution in [1.82, 2.24) is 5.01 Å². The number of imide groups is 1. The topological polar surface area (TPSA) is 59.0 Å². The minimum Gasteiger partial charge on any atom is -0.487 e. The van der Waals surface area contributed by atoms with Crippen molar-refractivity contribution in [3.8, 4) is 5.75 Å². The maximum absolute atomic E-state index is 12.8. The highest BCUT2D eigenvalue weighted by molar-refractivity contribution is 6.33. The number of benzene rings is 3. The fourth-order valence-electron chi connectivity index (χ4n) is 3.15. The van der Waals surface area contributed by atoms with Crippen LogP contribution >= 0.6 is 11.6 Å². The number of halogens is 1. The molecule has 154 valence electrons. The number of hydrogen-bond donors (Lipinski definition) is 0. The van der Waals surface area contributed by atoms with E-state index in [1.165, 1.54) is 0 Å². The summed E-state index contributed by atoms with van der Waals surface area (Å²) in [5, 5.41) is 5.48. The molecule has 0 unspecified atom stereocenters. The van der Waals surface area contributed by atoms with Gasteiger partial charge in [0.2, 0.25) is 0 Å². The third-order valence-electron chi connectivity index (χ3n) is 4.78. The van der Waals surface area contributed by atoms with Crippen molar-refractivity contribution < 1.29 is 14.3 Å². The summed E-state index contributed by atoms with van der Waals surface area (Å²) >= 11 is 6.38. The normalized spacial score (nSPS) is 14.6. The van der Waals surface area contributed by atoms with E-state index in [-0.39, 0.29) is 0 Å². The van der Waals surface area contributed by atoms with Gasteiger partial charge in [-0.2, -0.15) is 10.1 Å². The molecule has 1 heterocycles. The fourth-order valence-corrected chi connectivity index (χ4v) is 3.39. The van der Waals surface area contributed by atoms with Gasteiger partial charge in [0, 0.05) is 5.56 Å². The zero-order chi connectivity index (χ0) is 21.8. The first-order valence-electron chi connectivity index (χ1n) is 9.70. The third-order valence-corrected chi connectivity index (χ3v) is 5.08.